The predicted octanol–water partition coefficient (Wildman–Crippen LogP) is 19.9. The molecule has 1 rings (SSSR count). The minimum absolute atomic E-state index is 0.238. The van der Waals surface area contributed by atoms with Crippen molar-refractivity contribution in [1.82, 2.24) is 5.32 Å². The van der Waals surface area contributed by atoms with Gasteiger partial charge in [0.25, 0.3) is 5.91 Å². The molecular formula is C42H26F51NO4. The largest absolute Gasteiger partial charge is 0.490 e. The number of carbonyl (C=O) groups excluding carboxylic acids is 1. The van der Waals surface area contributed by atoms with Crippen molar-refractivity contribution < 1.29 is 243 Å². The zero-order chi connectivity index (χ0) is 79.2. The normalized spacial score (nSPS) is 16.0. The van der Waals surface area contributed by atoms with E-state index < -0.39 is 237 Å². The fourth-order valence-electron chi connectivity index (χ4n) is 6.81. The van der Waals surface area contributed by atoms with Crippen LogP contribution in [0.2, 0.25) is 0 Å². The standard InChI is InChI=1S/C42H26F51NO4/c1-2-94-18(95)14-12-15(96-9-3-6-19(43,44)22(49,50)25(55,56)28(61,62)31(67,68)34(73,74)37(79,80)40(85,86)87)17(98-11-5-8-21(47,48)24(53,54)27(59,60)30(65,66)33(71,72)36(77,78)39(83,84)42(91,92)93)16(13-14)97-10-4-7-20(45,46)23(51,52)26(57,58)29(63,64)32(69,70)35(75,76)38(81,82)41(88,89)90/h12-13H,2-11H2,1H3,(H,94,95). The molecule has 1 N–H and O–H groups in total. The Labute approximate surface area is 504 Å². The fraction of sp³-hybridized carbons (Fsp3) is 0.833. The number of carbonyl (C=O) groups is 1. The summed E-state index contributed by atoms with van der Waals surface area (Å²) in [6.07, 6.45) is -43.0. The van der Waals surface area contributed by atoms with Gasteiger partial charge in [-0.2, -0.15) is 224 Å². The van der Waals surface area contributed by atoms with E-state index in [1.165, 1.54) is 0 Å². The molecule has 0 atom stereocenters. The molecule has 0 fully saturated rings. The first kappa shape index (κ1) is 90.5. The Morgan fingerprint density at radius 2 is 0.449 bits per heavy atom. The smallest absolute Gasteiger partial charge is 0.460 e. The maximum absolute atomic E-state index is 14.7. The van der Waals surface area contributed by atoms with Crippen LogP contribution in [0.3, 0.4) is 0 Å². The molecule has 1 aromatic carbocycles. The Morgan fingerprint density at radius 3 is 0.633 bits per heavy atom. The van der Waals surface area contributed by atoms with E-state index in [9.17, 15) is 229 Å². The lowest BCUT2D eigenvalue weighted by atomic mass is 9.88. The van der Waals surface area contributed by atoms with Crippen molar-refractivity contribution >= 4 is 5.91 Å². The molecule has 1 amide bonds. The minimum atomic E-state index is -9.25. The maximum atomic E-state index is 14.7. The van der Waals surface area contributed by atoms with Gasteiger partial charge in [-0.25, -0.2) is 0 Å². The maximum Gasteiger partial charge on any atom is 0.460 e. The summed E-state index contributed by atoms with van der Waals surface area (Å²) in [5.41, 5.74) is -1.49. The van der Waals surface area contributed by atoms with E-state index in [0.29, 0.717) is 0 Å². The van der Waals surface area contributed by atoms with Crippen molar-refractivity contribution in [3.8, 4) is 17.2 Å². The number of nitrogens with one attached hydrogen (secondary N) is 1. The molecule has 0 radical (unpaired) electrons. The summed E-state index contributed by atoms with van der Waals surface area (Å²) in [7, 11) is 0. The highest BCUT2D eigenvalue weighted by molar-refractivity contribution is 5.95. The third-order valence-corrected chi connectivity index (χ3v) is 12.6. The van der Waals surface area contributed by atoms with Crippen LogP contribution in [0.15, 0.2) is 12.1 Å². The molecule has 0 aliphatic carbocycles. The topological polar surface area (TPSA) is 56.8 Å². The molecule has 0 aliphatic rings. The molecule has 5 nitrogen and oxygen atoms in total. The molecule has 0 bridgehead atoms. The van der Waals surface area contributed by atoms with Crippen molar-refractivity contribution in [2.24, 2.45) is 0 Å². The molecule has 0 unspecified atom stereocenters. The predicted molar refractivity (Wildman–Crippen MR) is 211 cm³/mol. The summed E-state index contributed by atoms with van der Waals surface area (Å²) in [5.74, 6) is -191. The van der Waals surface area contributed by atoms with Crippen LogP contribution in [-0.2, 0) is 0 Å². The highest BCUT2D eigenvalue weighted by Gasteiger charge is 2.98. The lowest BCUT2D eigenvalue weighted by Gasteiger charge is -2.42. The number of benzene rings is 1. The Kier molecular flexibility index (Phi) is 24.1. The second-order valence-electron chi connectivity index (χ2n) is 19.5. The third-order valence-electron chi connectivity index (χ3n) is 12.6. The number of hydrogen-bond acceptors (Lipinski definition) is 4. The van der Waals surface area contributed by atoms with E-state index in [0.717, 1.165) is 6.92 Å². The first-order chi connectivity index (χ1) is 42.4. The van der Waals surface area contributed by atoms with Crippen LogP contribution in [0.25, 0.3) is 0 Å². The molecule has 580 valence electrons. The van der Waals surface area contributed by atoms with Gasteiger partial charge in [0.1, 0.15) is 0 Å². The summed E-state index contributed by atoms with van der Waals surface area (Å²) < 4.78 is 716. The number of amides is 1. The van der Waals surface area contributed by atoms with Crippen LogP contribution in [0.5, 0.6) is 17.2 Å². The summed E-state index contributed by atoms with van der Waals surface area (Å²) in [6, 6.07) is -0.476. The Hall–Kier alpha value is -5.48. The second kappa shape index (κ2) is 26.1. The second-order valence-corrected chi connectivity index (χ2v) is 19.5. The number of ether oxygens (including phenoxy) is 3. The summed E-state index contributed by atoms with van der Waals surface area (Å²) >= 11 is 0. The van der Waals surface area contributed by atoms with Gasteiger partial charge in [0.2, 0.25) is 5.75 Å². The fourth-order valence-corrected chi connectivity index (χ4v) is 6.81. The lowest BCUT2D eigenvalue weighted by molar-refractivity contribution is -0.461. The average molecular weight is 1580 g/mol. The molecule has 1 aromatic rings. The molecule has 56 heteroatoms. The number of hydrogen-bond donors (Lipinski definition) is 1. The monoisotopic (exact) mass is 1580 g/mol. The molecule has 98 heavy (non-hydrogen) atoms. The average Bonchev–Trinajstić information content (AvgIpc) is 0.708. The summed E-state index contributed by atoms with van der Waals surface area (Å²) in [4.78, 5) is 12.7. The summed E-state index contributed by atoms with van der Waals surface area (Å²) in [5, 5.41) is 1.64. The molecule has 0 aliphatic heterocycles. The molecular weight excluding hydrogens is 1550 g/mol. The summed E-state index contributed by atoms with van der Waals surface area (Å²) in [6.45, 7) is -7.12. The van der Waals surface area contributed by atoms with Crippen LogP contribution < -0.4 is 19.5 Å². The van der Waals surface area contributed by atoms with E-state index in [1.807, 2.05) is 0 Å². The van der Waals surface area contributed by atoms with Crippen LogP contribution in [0.4, 0.5) is 224 Å². The van der Waals surface area contributed by atoms with E-state index in [4.69, 9.17) is 0 Å². The van der Waals surface area contributed by atoms with Crippen LogP contribution >= 0.6 is 0 Å². The van der Waals surface area contributed by atoms with Gasteiger partial charge in [-0.15, -0.1) is 0 Å². The van der Waals surface area contributed by atoms with E-state index >= 15 is 0 Å². The molecule has 0 saturated carbocycles. The van der Waals surface area contributed by atoms with Gasteiger partial charge in [0.05, 0.1) is 19.8 Å². The van der Waals surface area contributed by atoms with Crippen molar-refractivity contribution in [1.29, 1.82) is 0 Å². The Balaban J connectivity index is 4.15. The minimum Gasteiger partial charge on any atom is -0.490 e. The first-order valence-corrected chi connectivity index (χ1v) is 23.8. The molecule has 0 aromatic heterocycles. The van der Waals surface area contributed by atoms with Crippen molar-refractivity contribution in [3.63, 3.8) is 0 Å². The van der Waals surface area contributed by atoms with Gasteiger partial charge in [-0.3, -0.25) is 4.79 Å². The Morgan fingerprint density at radius 1 is 0.276 bits per heavy atom. The van der Waals surface area contributed by atoms with E-state index in [2.05, 4.69) is 14.2 Å². The molecule has 0 heterocycles. The third kappa shape index (κ3) is 13.7. The number of alkyl halides is 51. The zero-order valence-electron chi connectivity index (χ0n) is 45.1. The SMILES string of the molecule is CCNC(=O)c1cc(OCCCC(F)(F)C(F)(F)C(F)(F)C(F)(F)C(F)(F)C(F)(F)C(F)(F)C(F)(F)F)c(OCCCC(F)(F)C(F)(F)C(F)(F)C(F)(F)C(F)(F)C(F)(F)C(F)(F)C(F)(F)F)c(OCCCC(F)(F)C(F)(F)C(F)(F)C(F)(F)C(F)(F)C(F)(F)C(F)(F)C(F)(F)F)c1. The van der Waals surface area contributed by atoms with Gasteiger partial charge in [-0.1, -0.05) is 0 Å². The first-order valence-electron chi connectivity index (χ1n) is 23.8. The van der Waals surface area contributed by atoms with Gasteiger partial charge < -0.3 is 19.5 Å². The van der Waals surface area contributed by atoms with Crippen LogP contribution in [0.1, 0.15) is 55.8 Å². The van der Waals surface area contributed by atoms with Crippen molar-refractivity contribution in [2.45, 2.75) is 188 Å². The van der Waals surface area contributed by atoms with Crippen LogP contribution in [-0.4, -0.2) is 175 Å². The number of halogens is 51. The quantitative estimate of drug-likeness (QED) is 0.0544. The van der Waals surface area contributed by atoms with E-state index in [-0.39, 0.29) is 12.1 Å². The lowest BCUT2D eigenvalue weighted by Crippen LogP contribution is -2.74. The zero-order valence-corrected chi connectivity index (χ0v) is 45.1. The number of rotatable bonds is 35. The van der Waals surface area contributed by atoms with Gasteiger partial charge in [0, 0.05) is 31.4 Å². The van der Waals surface area contributed by atoms with Crippen molar-refractivity contribution in [3.05, 3.63) is 17.7 Å². The van der Waals surface area contributed by atoms with E-state index in [1.54, 1.807) is 5.32 Å². The molecule has 0 spiro atoms. The highest BCUT2D eigenvalue weighted by Crippen LogP contribution is 2.68. The van der Waals surface area contributed by atoms with Crippen LogP contribution in [0, 0.1) is 0 Å². The molecule has 0 saturated heterocycles. The van der Waals surface area contributed by atoms with Gasteiger partial charge in [0.15, 0.2) is 11.5 Å². The van der Waals surface area contributed by atoms with Gasteiger partial charge >= 0.3 is 143 Å². The van der Waals surface area contributed by atoms with Gasteiger partial charge in [-0.05, 0) is 38.3 Å². The Bertz CT molecular complexity index is 2770. The highest BCUT2D eigenvalue weighted by atomic mass is 19.5. The van der Waals surface area contributed by atoms with Crippen molar-refractivity contribution in [2.75, 3.05) is 26.4 Å².